The number of hydrogen-bond donors (Lipinski definition) is 2. The van der Waals surface area contributed by atoms with Gasteiger partial charge in [0.2, 0.25) is 5.91 Å². The molecule has 27 heavy (non-hydrogen) atoms. The van der Waals surface area contributed by atoms with Gasteiger partial charge in [-0.05, 0) is 50.6 Å². The molecule has 2 aromatic heterocycles. The van der Waals surface area contributed by atoms with E-state index < -0.39 is 0 Å². The summed E-state index contributed by atoms with van der Waals surface area (Å²) >= 11 is 0. The maximum Gasteiger partial charge on any atom is 0.223 e. The van der Waals surface area contributed by atoms with Gasteiger partial charge < -0.3 is 10.3 Å². The first kappa shape index (κ1) is 17.7. The Hall–Kier alpha value is -2.74. The summed E-state index contributed by atoms with van der Waals surface area (Å²) in [5.74, 6) is 1.23. The van der Waals surface area contributed by atoms with Gasteiger partial charge in [-0.1, -0.05) is 6.07 Å². The molecule has 3 aromatic rings. The number of imidazole rings is 1. The number of piperidine rings is 1. The molecule has 0 unspecified atom stereocenters. The fourth-order valence-corrected chi connectivity index (χ4v) is 3.60. The van der Waals surface area contributed by atoms with Crippen molar-refractivity contribution in [2.75, 3.05) is 19.6 Å². The van der Waals surface area contributed by atoms with Gasteiger partial charge in [0.05, 0.1) is 24.1 Å². The largest absolute Gasteiger partial charge is 0.354 e. The zero-order valence-electron chi connectivity index (χ0n) is 15.6. The van der Waals surface area contributed by atoms with Gasteiger partial charge in [0.1, 0.15) is 18.5 Å². The monoisotopic (exact) mass is 367 g/mol. The number of nitrogens with zero attached hydrogens (tertiary/aromatic N) is 5. The normalized spacial score (nSPS) is 16.0. The molecule has 142 valence electrons. The second-order valence-corrected chi connectivity index (χ2v) is 7.20. The molecule has 1 saturated heterocycles. The number of benzene rings is 1. The van der Waals surface area contributed by atoms with Crippen molar-refractivity contribution in [3.05, 3.63) is 42.2 Å². The lowest BCUT2D eigenvalue weighted by Crippen LogP contribution is -2.41. The number of aromatic amines is 1. The highest BCUT2D eigenvalue weighted by atomic mass is 16.1. The van der Waals surface area contributed by atoms with Crippen molar-refractivity contribution in [1.82, 2.24) is 34.9 Å². The molecule has 4 rings (SSSR count). The smallest absolute Gasteiger partial charge is 0.223 e. The quantitative estimate of drug-likeness (QED) is 0.689. The van der Waals surface area contributed by atoms with Crippen LogP contribution < -0.4 is 5.32 Å². The van der Waals surface area contributed by atoms with Crippen LogP contribution in [0, 0.1) is 12.8 Å². The summed E-state index contributed by atoms with van der Waals surface area (Å²) in [6.07, 6.45) is 4.92. The fraction of sp³-hybridized carbons (Fsp3) is 0.474. The second kappa shape index (κ2) is 7.87. The third kappa shape index (κ3) is 4.33. The molecule has 0 aliphatic carbocycles. The van der Waals surface area contributed by atoms with Crippen molar-refractivity contribution in [1.29, 1.82) is 0 Å². The van der Waals surface area contributed by atoms with Gasteiger partial charge in [-0.2, -0.15) is 5.10 Å². The van der Waals surface area contributed by atoms with E-state index >= 15 is 0 Å². The van der Waals surface area contributed by atoms with Crippen LogP contribution in [-0.4, -0.2) is 55.2 Å². The standard InChI is InChI=1S/C19H25N7O/c1-14-2-3-16-17(10-14)24-18(23-16)11-25-7-4-15(5-8-25)19(27)21-6-9-26-13-20-12-22-26/h2-3,10,12-13,15H,4-9,11H2,1H3,(H,21,27)(H,23,24). The molecular formula is C19H25N7O. The van der Waals surface area contributed by atoms with Crippen LogP contribution in [0.25, 0.3) is 11.0 Å². The molecule has 1 aliphatic heterocycles. The number of H-pyrrole nitrogens is 1. The molecule has 8 nitrogen and oxygen atoms in total. The minimum Gasteiger partial charge on any atom is -0.354 e. The minimum atomic E-state index is 0.0929. The molecule has 1 aromatic carbocycles. The van der Waals surface area contributed by atoms with Crippen LogP contribution in [0.1, 0.15) is 24.2 Å². The number of amides is 1. The van der Waals surface area contributed by atoms with E-state index in [-0.39, 0.29) is 11.8 Å². The maximum absolute atomic E-state index is 12.3. The first-order valence-corrected chi connectivity index (χ1v) is 9.45. The third-order valence-electron chi connectivity index (χ3n) is 5.12. The van der Waals surface area contributed by atoms with Crippen molar-refractivity contribution < 1.29 is 4.79 Å². The highest BCUT2D eigenvalue weighted by Gasteiger charge is 2.25. The van der Waals surface area contributed by atoms with Gasteiger partial charge in [0.25, 0.3) is 0 Å². The topological polar surface area (TPSA) is 91.7 Å². The molecule has 0 atom stereocenters. The Labute approximate surface area is 158 Å². The predicted molar refractivity (Wildman–Crippen MR) is 102 cm³/mol. The van der Waals surface area contributed by atoms with E-state index in [0.29, 0.717) is 13.1 Å². The van der Waals surface area contributed by atoms with Gasteiger partial charge in [-0.25, -0.2) is 9.97 Å². The Balaban J connectivity index is 1.23. The van der Waals surface area contributed by atoms with Gasteiger partial charge in [0.15, 0.2) is 0 Å². The van der Waals surface area contributed by atoms with E-state index in [9.17, 15) is 4.79 Å². The Morgan fingerprint density at radius 1 is 1.33 bits per heavy atom. The van der Waals surface area contributed by atoms with Crippen molar-refractivity contribution in [2.45, 2.75) is 32.9 Å². The number of nitrogens with one attached hydrogen (secondary N) is 2. The molecule has 0 radical (unpaired) electrons. The van der Waals surface area contributed by atoms with Gasteiger partial charge in [0, 0.05) is 12.5 Å². The Kier molecular flexibility index (Phi) is 5.15. The van der Waals surface area contributed by atoms with E-state index in [0.717, 1.165) is 49.3 Å². The molecule has 3 heterocycles. The third-order valence-corrected chi connectivity index (χ3v) is 5.12. The van der Waals surface area contributed by atoms with Crippen LogP contribution >= 0.6 is 0 Å². The van der Waals surface area contributed by atoms with Crippen LogP contribution in [0.15, 0.2) is 30.9 Å². The SMILES string of the molecule is Cc1ccc2nc(CN3CCC(C(=O)NCCn4cncn4)CC3)[nH]c2c1. The highest BCUT2D eigenvalue weighted by Crippen LogP contribution is 2.20. The van der Waals surface area contributed by atoms with E-state index in [2.05, 4.69) is 55.4 Å². The van der Waals surface area contributed by atoms with E-state index in [1.54, 1.807) is 11.0 Å². The number of likely N-dealkylation sites (tertiary alicyclic amines) is 1. The van der Waals surface area contributed by atoms with Gasteiger partial charge in [-0.15, -0.1) is 0 Å². The summed E-state index contributed by atoms with van der Waals surface area (Å²) in [6.45, 7) is 5.95. The molecule has 0 spiro atoms. The summed E-state index contributed by atoms with van der Waals surface area (Å²) < 4.78 is 1.72. The number of rotatable bonds is 6. The molecule has 1 fully saturated rings. The van der Waals surface area contributed by atoms with Gasteiger partial charge in [-0.3, -0.25) is 14.4 Å². The predicted octanol–water partition coefficient (Wildman–Crippen LogP) is 1.49. The first-order chi connectivity index (χ1) is 13.2. The zero-order chi connectivity index (χ0) is 18.6. The lowest BCUT2D eigenvalue weighted by atomic mass is 9.96. The first-order valence-electron chi connectivity index (χ1n) is 9.45. The lowest BCUT2D eigenvalue weighted by molar-refractivity contribution is -0.126. The van der Waals surface area contributed by atoms with E-state index in [1.807, 2.05) is 0 Å². The zero-order valence-corrected chi connectivity index (χ0v) is 15.6. The molecule has 8 heteroatoms. The Bertz CT molecular complexity index is 894. The summed E-state index contributed by atoms with van der Waals surface area (Å²) in [7, 11) is 0. The van der Waals surface area contributed by atoms with Crippen LogP contribution in [0.3, 0.4) is 0 Å². The molecule has 0 saturated carbocycles. The van der Waals surface area contributed by atoms with E-state index in [1.165, 1.54) is 11.9 Å². The van der Waals surface area contributed by atoms with Crippen LogP contribution in [0.5, 0.6) is 0 Å². The number of aryl methyl sites for hydroxylation is 1. The summed E-state index contributed by atoms with van der Waals surface area (Å²) in [5, 5.41) is 7.05. The van der Waals surface area contributed by atoms with Crippen molar-refractivity contribution >= 4 is 16.9 Å². The maximum atomic E-state index is 12.3. The van der Waals surface area contributed by atoms with Crippen LogP contribution in [0.4, 0.5) is 0 Å². The lowest BCUT2D eigenvalue weighted by Gasteiger charge is -2.30. The Morgan fingerprint density at radius 3 is 2.96 bits per heavy atom. The highest BCUT2D eigenvalue weighted by molar-refractivity contribution is 5.78. The van der Waals surface area contributed by atoms with Gasteiger partial charge >= 0.3 is 0 Å². The van der Waals surface area contributed by atoms with Crippen LogP contribution in [-0.2, 0) is 17.9 Å². The average Bonchev–Trinajstić information content (AvgIpc) is 3.31. The molecule has 2 N–H and O–H groups in total. The number of fused-ring (bicyclic) bond motifs is 1. The molecule has 0 bridgehead atoms. The minimum absolute atomic E-state index is 0.0929. The summed E-state index contributed by atoms with van der Waals surface area (Å²) in [4.78, 5) is 26.7. The number of carbonyl (C=O) groups is 1. The number of aromatic nitrogens is 5. The Morgan fingerprint density at radius 2 is 2.19 bits per heavy atom. The summed E-state index contributed by atoms with van der Waals surface area (Å²) in [6, 6.07) is 6.27. The fourth-order valence-electron chi connectivity index (χ4n) is 3.60. The number of hydrogen-bond acceptors (Lipinski definition) is 5. The number of carbonyl (C=O) groups excluding carboxylic acids is 1. The summed E-state index contributed by atoms with van der Waals surface area (Å²) in [5.41, 5.74) is 3.33. The van der Waals surface area contributed by atoms with E-state index in [4.69, 9.17) is 0 Å². The molecule has 1 amide bonds. The van der Waals surface area contributed by atoms with Crippen molar-refractivity contribution in [3.8, 4) is 0 Å². The molecular weight excluding hydrogens is 342 g/mol. The molecule has 1 aliphatic rings. The second-order valence-electron chi connectivity index (χ2n) is 7.20. The van der Waals surface area contributed by atoms with Crippen molar-refractivity contribution in [3.63, 3.8) is 0 Å². The van der Waals surface area contributed by atoms with Crippen molar-refractivity contribution in [2.24, 2.45) is 5.92 Å². The average molecular weight is 367 g/mol. The van der Waals surface area contributed by atoms with Crippen LogP contribution in [0.2, 0.25) is 0 Å².